The molecule has 2 aromatic rings. The van der Waals surface area contributed by atoms with Crippen molar-refractivity contribution in [3.05, 3.63) is 42.1 Å². The fraction of sp³-hybridized carbons (Fsp3) is 0.100. The Kier molecular flexibility index (Phi) is 2.26. The van der Waals surface area contributed by atoms with Gasteiger partial charge < -0.3 is 0 Å². The monoisotopic (exact) mass is 269 g/mol. The van der Waals surface area contributed by atoms with Gasteiger partial charge in [-0.3, -0.25) is 4.98 Å². The molecular weight excluding hydrogens is 261 g/mol. The van der Waals surface area contributed by atoms with Gasteiger partial charge in [-0.05, 0) is 11.6 Å². The first-order chi connectivity index (χ1) is 5.92. The van der Waals surface area contributed by atoms with Crippen molar-refractivity contribution < 1.29 is 0 Å². The van der Waals surface area contributed by atoms with Crippen molar-refractivity contribution in [3.8, 4) is 0 Å². The summed E-state index contributed by atoms with van der Waals surface area (Å²) < 4.78 is 1.02. The summed E-state index contributed by atoms with van der Waals surface area (Å²) in [7, 11) is 0. The van der Waals surface area contributed by atoms with E-state index in [1.54, 1.807) is 0 Å². The number of pyridine rings is 1. The van der Waals surface area contributed by atoms with Crippen molar-refractivity contribution >= 4 is 33.5 Å². The quantitative estimate of drug-likeness (QED) is 0.572. The van der Waals surface area contributed by atoms with Crippen LogP contribution in [0.4, 0.5) is 0 Å². The molecule has 12 heavy (non-hydrogen) atoms. The average Bonchev–Trinajstić information content (AvgIpc) is 2.17. The van der Waals surface area contributed by atoms with E-state index in [1.807, 2.05) is 12.3 Å². The lowest BCUT2D eigenvalue weighted by Crippen LogP contribution is -1.83. The van der Waals surface area contributed by atoms with Gasteiger partial charge in [0.2, 0.25) is 0 Å². The third-order valence-corrected chi connectivity index (χ3v) is 2.68. The smallest absolute Gasteiger partial charge is 0.0741 e. The van der Waals surface area contributed by atoms with Gasteiger partial charge in [0.15, 0.2) is 0 Å². The largest absolute Gasteiger partial charge is 0.256 e. The van der Waals surface area contributed by atoms with E-state index in [0.29, 0.717) is 0 Å². The highest BCUT2D eigenvalue weighted by Crippen LogP contribution is 2.17. The van der Waals surface area contributed by atoms with E-state index in [1.165, 1.54) is 10.9 Å². The number of aromatic nitrogens is 1. The van der Waals surface area contributed by atoms with E-state index in [-0.39, 0.29) is 0 Å². The lowest BCUT2D eigenvalue weighted by Gasteiger charge is -2.00. The standard InChI is InChI=1S/C10H8IN/c11-7-9-4-1-3-8-5-2-6-12-10(8)9/h1-6H,7H2. The molecule has 0 spiro atoms. The van der Waals surface area contributed by atoms with Crippen molar-refractivity contribution in [2.45, 2.75) is 4.43 Å². The topological polar surface area (TPSA) is 12.9 Å². The normalized spacial score (nSPS) is 10.4. The number of para-hydroxylation sites is 1. The first-order valence-corrected chi connectivity index (χ1v) is 5.33. The molecule has 0 aliphatic heterocycles. The van der Waals surface area contributed by atoms with Gasteiger partial charge in [-0.15, -0.1) is 0 Å². The number of fused-ring (bicyclic) bond motifs is 1. The maximum atomic E-state index is 4.35. The second-order valence-corrected chi connectivity index (χ2v) is 3.39. The molecule has 0 saturated heterocycles. The fourth-order valence-corrected chi connectivity index (χ4v) is 1.89. The summed E-state index contributed by atoms with van der Waals surface area (Å²) in [5.74, 6) is 0. The minimum absolute atomic E-state index is 1.02. The molecule has 1 aromatic heterocycles. The molecule has 0 atom stereocenters. The van der Waals surface area contributed by atoms with Gasteiger partial charge in [0.05, 0.1) is 5.52 Å². The van der Waals surface area contributed by atoms with Crippen LogP contribution < -0.4 is 0 Å². The van der Waals surface area contributed by atoms with Crippen LogP contribution in [0.5, 0.6) is 0 Å². The molecule has 2 rings (SSSR count). The van der Waals surface area contributed by atoms with Gasteiger partial charge in [-0.25, -0.2) is 0 Å². The van der Waals surface area contributed by atoms with Gasteiger partial charge in [-0.1, -0.05) is 46.9 Å². The highest BCUT2D eigenvalue weighted by molar-refractivity contribution is 14.1. The van der Waals surface area contributed by atoms with Gasteiger partial charge in [0.25, 0.3) is 0 Å². The van der Waals surface area contributed by atoms with E-state index in [4.69, 9.17) is 0 Å². The molecule has 1 aromatic carbocycles. The van der Waals surface area contributed by atoms with E-state index < -0.39 is 0 Å². The van der Waals surface area contributed by atoms with E-state index in [0.717, 1.165) is 9.94 Å². The molecule has 0 aliphatic carbocycles. The van der Waals surface area contributed by atoms with E-state index in [9.17, 15) is 0 Å². The van der Waals surface area contributed by atoms with Crippen molar-refractivity contribution in [2.75, 3.05) is 0 Å². The Balaban J connectivity index is 2.79. The molecule has 60 valence electrons. The van der Waals surface area contributed by atoms with Crippen molar-refractivity contribution in [2.24, 2.45) is 0 Å². The summed E-state index contributed by atoms with van der Waals surface area (Å²) in [5.41, 5.74) is 2.45. The third-order valence-electron chi connectivity index (χ3n) is 1.86. The maximum absolute atomic E-state index is 4.35. The van der Waals surface area contributed by atoms with Crippen LogP contribution in [0.25, 0.3) is 10.9 Å². The summed E-state index contributed by atoms with van der Waals surface area (Å²) in [6, 6.07) is 10.4. The minimum atomic E-state index is 1.02. The van der Waals surface area contributed by atoms with Crippen LogP contribution in [0.2, 0.25) is 0 Å². The zero-order valence-electron chi connectivity index (χ0n) is 6.50. The highest BCUT2D eigenvalue weighted by Gasteiger charge is 1.97. The van der Waals surface area contributed by atoms with Gasteiger partial charge in [0, 0.05) is 16.0 Å². The van der Waals surface area contributed by atoms with Gasteiger partial charge in [-0.2, -0.15) is 0 Å². The molecule has 0 bridgehead atoms. The van der Waals surface area contributed by atoms with Crippen molar-refractivity contribution in [3.63, 3.8) is 0 Å². The summed E-state index contributed by atoms with van der Waals surface area (Å²) in [6.45, 7) is 0. The molecule has 0 unspecified atom stereocenters. The zero-order chi connectivity index (χ0) is 8.39. The van der Waals surface area contributed by atoms with E-state index in [2.05, 4.69) is 51.8 Å². The number of nitrogens with zero attached hydrogens (tertiary/aromatic N) is 1. The molecule has 0 fully saturated rings. The second kappa shape index (κ2) is 3.39. The predicted molar refractivity (Wildman–Crippen MR) is 59.5 cm³/mol. The Hall–Kier alpha value is -0.640. The van der Waals surface area contributed by atoms with Gasteiger partial charge >= 0.3 is 0 Å². The molecule has 0 radical (unpaired) electrons. The Morgan fingerprint density at radius 2 is 2.00 bits per heavy atom. The van der Waals surface area contributed by atoms with Crippen LogP contribution >= 0.6 is 22.6 Å². The summed E-state index contributed by atoms with van der Waals surface area (Å²) in [6.07, 6.45) is 1.85. The van der Waals surface area contributed by atoms with Crippen LogP contribution in [0, 0.1) is 0 Å². The van der Waals surface area contributed by atoms with Crippen LogP contribution in [0.15, 0.2) is 36.5 Å². The number of alkyl halides is 1. The Morgan fingerprint density at radius 3 is 2.83 bits per heavy atom. The number of hydrogen-bond donors (Lipinski definition) is 0. The van der Waals surface area contributed by atoms with Crippen LogP contribution in [0.3, 0.4) is 0 Å². The SMILES string of the molecule is ICc1cccc2cccnc12. The fourth-order valence-electron chi connectivity index (χ4n) is 1.28. The third kappa shape index (κ3) is 1.31. The number of hydrogen-bond acceptors (Lipinski definition) is 1. The van der Waals surface area contributed by atoms with Gasteiger partial charge in [0.1, 0.15) is 0 Å². The molecule has 2 heteroatoms. The molecule has 0 amide bonds. The van der Waals surface area contributed by atoms with E-state index >= 15 is 0 Å². The van der Waals surface area contributed by atoms with Crippen LogP contribution in [-0.4, -0.2) is 4.98 Å². The molecule has 0 aliphatic rings. The molecular formula is C10H8IN. The maximum Gasteiger partial charge on any atom is 0.0741 e. The summed E-state index contributed by atoms with van der Waals surface area (Å²) >= 11 is 2.36. The number of halogens is 1. The first kappa shape index (κ1) is 7.98. The lowest BCUT2D eigenvalue weighted by molar-refractivity contribution is 1.36. The lowest BCUT2D eigenvalue weighted by atomic mass is 10.1. The van der Waals surface area contributed by atoms with Crippen molar-refractivity contribution in [1.29, 1.82) is 0 Å². The first-order valence-electron chi connectivity index (χ1n) is 3.80. The Labute approximate surface area is 85.0 Å². The van der Waals surface area contributed by atoms with Crippen LogP contribution in [-0.2, 0) is 4.43 Å². The summed E-state index contributed by atoms with van der Waals surface area (Å²) in [5, 5.41) is 1.23. The molecule has 1 heterocycles. The minimum Gasteiger partial charge on any atom is -0.256 e. The zero-order valence-corrected chi connectivity index (χ0v) is 8.65. The Bertz CT molecular complexity index is 392. The molecule has 1 nitrogen and oxygen atoms in total. The Morgan fingerprint density at radius 1 is 1.17 bits per heavy atom. The average molecular weight is 269 g/mol. The summed E-state index contributed by atoms with van der Waals surface area (Å²) in [4.78, 5) is 4.35. The highest BCUT2D eigenvalue weighted by atomic mass is 127. The molecule has 0 saturated carbocycles. The van der Waals surface area contributed by atoms with Crippen LogP contribution in [0.1, 0.15) is 5.56 Å². The number of rotatable bonds is 1. The number of benzene rings is 1. The molecule has 0 N–H and O–H groups in total. The predicted octanol–water partition coefficient (Wildman–Crippen LogP) is 3.17. The van der Waals surface area contributed by atoms with Crippen molar-refractivity contribution in [1.82, 2.24) is 4.98 Å². The second-order valence-electron chi connectivity index (χ2n) is 2.63.